The number of nitrogens with one attached hydrogen (secondary N) is 1. The van der Waals surface area contributed by atoms with Crippen LogP contribution in [0.25, 0.3) is 0 Å². The maximum absolute atomic E-state index is 11.1. The van der Waals surface area contributed by atoms with Gasteiger partial charge in [0.05, 0.1) is 5.75 Å². The van der Waals surface area contributed by atoms with Gasteiger partial charge in [-0.05, 0) is 47.5 Å². The van der Waals surface area contributed by atoms with Crippen LogP contribution < -0.4 is 5.32 Å². The third-order valence-corrected chi connectivity index (χ3v) is 3.84. The van der Waals surface area contributed by atoms with Gasteiger partial charge in [0.25, 0.3) is 0 Å². The van der Waals surface area contributed by atoms with Crippen LogP contribution in [0.4, 0.5) is 5.69 Å². The Kier molecular flexibility index (Phi) is 4.38. The number of halogens is 1. The summed E-state index contributed by atoms with van der Waals surface area (Å²) in [4.78, 5) is 0. The van der Waals surface area contributed by atoms with Gasteiger partial charge in [-0.2, -0.15) is 0 Å². The maximum atomic E-state index is 11.1. The molecule has 1 aromatic carbocycles. The van der Waals surface area contributed by atoms with Crippen LogP contribution in [0.2, 0.25) is 0 Å². The molecule has 0 aliphatic heterocycles. The van der Waals surface area contributed by atoms with E-state index in [-0.39, 0.29) is 11.8 Å². The molecule has 0 saturated carbocycles. The minimum atomic E-state index is -2.94. The van der Waals surface area contributed by atoms with Crippen molar-refractivity contribution in [3.63, 3.8) is 0 Å². The second-order valence-corrected chi connectivity index (χ2v) is 7.16. The summed E-state index contributed by atoms with van der Waals surface area (Å²) in [5, 5.41) is 3.17. The van der Waals surface area contributed by atoms with Gasteiger partial charge in [0.15, 0.2) is 0 Å². The molecule has 1 aromatic rings. The van der Waals surface area contributed by atoms with E-state index in [0.29, 0.717) is 0 Å². The second-order valence-electron chi connectivity index (χ2n) is 4.12. The fraction of sp³-hybridized carbons (Fsp3) is 0.455. The number of benzene rings is 1. The van der Waals surface area contributed by atoms with E-state index in [9.17, 15) is 8.42 Å². The Hall–Kier alpha value is -0.550. The highest BCUT2D eigenvalue weighted by atomic mass is 79.9. The molecule has 3 nitrogen and oxygen atoms in total. The predicted octanol–water partition coefficient (Wildman–Crippen LogP) is 2.60. The molecule has 1 N–H and O–H groups in total. The molecule has 0 spiro atoms. The van der Waals surface area contributed by atoms with Gasteiger partial charge in [-0.3, -0.25) is 0 Å². The van der Waals surface area contributed by atoms with Crippen LogP contribution in [0.5, 0.6) is 0 Å². The summed E-state index contributed by atoms with van der Waals surface area (Å²) >= 11 is 3.44. The third-order valence-electron chi connectivity index (χ3n) is 2.08. The van der Waals surface area contributed by atoms with Crippen molar-refractivity contribution in [3.8, 4) is 0 Å². The van der Waals surface area contributed by atoms with Gasteiger partial charge in [-0.25, -0.2) is 8.42 Å². The van der Waals surface area contributed by atoms with Crippen molar-refractivity contribution in [2.75, 3.05) is 17.3 Å². The SMILES string of the molecule is Cc1ccc(NC(C)CS(C)(=O)=O)c(Br)c1. The first-order chi connectivity index (χ1) is 7.28. The fourth-order valence-electron chi connectivity index (χ4n) is 1.50. The van der Waals surface area contributed by atoms with Crippen molar-refractivity contribution < 1.29 is 8.42 Å². The summed E-state index contributed by atoms with van der Waals surface area (Å²) in [5.74, 6) is 0.132. The molecule has 16 heavy (non-hydrogen) atoms. The minimum absolute atomic E-state index is 0.103. The number of hydrogen-bond acceptors (Lipinski definition) is 3. The fourth-order valence-corrected chi connectivity index (χ4v) is 3.10. The zero-order valence-electron chi connectivity index (χ0n) is 9.62. The first kappa shape index (κ1) is 13.5. The molecule has 0 heterocycles. The van der Waals surface area contributed by atoms with Crippen LogP contribution in [0.15, 0.2) is 22.7 Å². The Morgan fingerprint density at radius 3 is 2.56 bits per heavy atom. The Bertz CT molecular complexity index is 471. The van der Waals surface area contributed by atoms with Crippen molar-refractivity contribution in [2.45, 2.75) is 19.9 Å². The molecule has 0 saturated heterocycles. The summed E-state index contributed by atoms with van der Waals surface area (Å²) in [6.45, 7) is 3.86. The minimum Gasteiger partial charge on any atom is -0.381 e. The topological polar surface area (TPSA) is 46.2 Å². The molecule has 5 heteroatoms. The molecular weight excluding hydrogens is 290 g/mol. The lowest BCUT2D eigenvalue weighted by atomic mass is 10.2. The average molecular weight is 306 g/mol. The van der Waals surface area contributed by atoms with Crippen LogP contribution in [0.3, 0.4) is 0 Å². The normalized spacial score (nSPS) is 13.5. The second kappa shape index (κ2) is 5.19. The van der Waals surface area contributed by atoms with Crippen LogP contribution in [0, 0.1) is 6.92 Å². The van der Waals surface area contributed by atoms with Crippen molar-refractivity contribution in [2.24, 2.45) is 0 Å². The monoisotopic (exact) mass is 305 g/mol. The summed E-state index contributed by atoms with van der Waals surface area (Å²) in [5.41, 5.74) is 2.08. The Morgan fingerprint density at radius 1 is 1.44 bits per heavy atom. The van der Waals surface area contributed by atoms with E-state index < -0.39 is 9.84 Å². The van der Waals surface area contributed by atoms with Crippen molar-refractivity contribution in [1.29, 1.82) is 0 Å². The number of aryl methyl sites for hydroxylation is 1. The van der Waals surface area contributed by atoms with E-state index in [1.54, 1.807) is 0 Å². The smallest absolute Gasteiger partial charge is 0.149 e. The van der Waals surface area contributed by atoms with Gasteiger partial charge in [0, 0.05) is 22.5 Å². The zero-order valence-corrected chi connectivity index (χ0v) is 12.0. The molecule has 0 bridgehead atoms. The molecule has 0 aromatic heterocycles. The number of anilines is 1. The van der Waals surface area contributed by atoms with Gasteiger partial charge in [-0.15, -0.1) is 0 Å². The lowest BCUT2D eigenvalue weighted by molar-refractivity contribution is 0.598. The summed E-state index contributed by atoms with van der Waals surface area (Å²) in [7, 11) is -2.94. The third kappa shape index (κ3) is 4.53. The molecule has 0 amide bonds. The van der Waals surface area contributed by atoms with Crippen LogP contribution in [-0.4, -0.2) is 26.5 Å². The molecule has 0 fully saturated rings. The summed E-state index contributed by atoms with van der Waals surface area (Å²) < 4.78 is 23.2. The van der Waals surface area contributed by atoms with Crippen LogP contribution in [0.1, 0.15) is 12.5 Å². The van der Waals surface area contributed by atoms with Crippen molar-refractivity contribution in [1.82, 2.24) is 0 Å². The molecule has 1 rings (SSSR count). The lowest BCUT2D eigenvalue weighted by Crippen LogP contribution is -2.25. The highest BCUT2D eigenvalue weighted by Crippen LogP contribution is 2.24. The van der Waals surface area contributed by atoms with E-state index in [2.05, 4.69) is 21.2 Å². The Balaban J connectivity index is 2.73. The quantitative estimate of drug-likeness (QED) is 0.930. The van der Waals surface area contributed by atoms with Gasteiger partial charge in [0.1, 0.15) is 9.84 Å². The van der Waals surface area contributed by atoms with E-state index >= 15 is 0 Å². The largest absolute Gasteiger partial charge is 0.381 e. The molecule has 1 unspecified atom stereocenters. The van der Waals surface area contributed by atoms with Crippen LogP contribution in [-0.2, 0) is 9.84 Å². The van der Waals surface area contributed by atoms with Gasteiger partial charge in [-0.1, -0.05) is 6.07 Å². The highest BCUT2D eigenvalue weighted by Gasteiger charge is 2.11. The van der Waals surface area contributed by atoms with E-state index in [1.165, 1.54) is 6.26 Å². The standard InChI is InChI=1S/C11H16BrNO2S/c1-8-4-5-11(10(12)6-8)13-9(2)7-16(3,14)15/h4-6,9,13H,7H2,1-3H3. The van der Waals surface area contributed by atoms with E-state index in [0.717, 1.165) is 15.7 Å². The zero-order chi connectivity index (χ0) is 12.3. The molecule has 0 aliphatic carbocycles. The van der Waals surface area contributed by atoms with Gasteiger partial charge >= 0.3 is 0 Å². The molecular formula is C11H16BrNO2S. The number of sulfone groups is 1. The lowest BCUT2D eigenvalue weighted by Gasteiger charge is -2.15. The highest BCUT2D eigenvalue weighted by molar-refractivity contribution is 9.10. The predicted molar refractivity (Wildman–Crippen MR) is 71.7 cm³/mol. The maximum Gasteiger partial charge on any atom is 0.149 e. The molecule has 0 radical (unpaired) electrons. The average Bonchev–Trinajstić information content (AvgIpc) is 2.06. The van der Waals surface area contributed by atoms with Gasteiger partial charge < -0.3 is 5.32 Å². The molecule has 90 valence electrons. The summed E-state index contributed by atoms with van der Waals surface area (Å²) in [6.07, 6.45) is 1.25. The first-order valence-electron chi connectivity index (χ1n) is 4.98. The molecule has 1 atom stereocenters. The van der Waals surface area contributed by atoms with Crippen molar-refractivity contribution in [3.05, 3.63) is 28.2 Å². The number of rotatable bonds is 4. The van der Waals surface area contributed by atoms with E-state index in [4.69, 9.17) is 0 Å². The van der Waals surface area contributed by atoms with E-state index in [1.807, 2.05) is 32.0 Å². The molecule has 0 aliphatic rings. The Morgan fingerprint density at radius 2 is 2.06 bits per heavy atom. The van der Waals surface area contributed by atoms with Crippen molar-refractivity contribution >= 4 is 31.5 Å². The summed E-state index contributed by atoms with van der Waals surface area (Å²) in [6, 6.07) is 5.82. The Labute approximate surface area is 105 Å². The first-order valence-corrected chi connectivity index (χ1v) is 7.84. The number of hydrogen-bond donors (Lipinski definition) is 1. The van der Waals surface area contributed by atoms with Crippen LogP contribution >= 0.6 is 15.9 Å². The van der Waals surface area contributed by atoms with Gasteiger partial charge in [0.2, 0.25) is 0 Å².